The highest BCUT2D eigenvalue weighted by molar-refractivity contribution is 6.30. The van der Waals surface area contributed by atoms with Crippen molar-refractivity contribution in [1.82, 2.24) is 0 Å². The van der Waals surface area contributed by atoms with Crippen molar-refractivity contribution in [3.8, 4) is 11.5 Å². The van der Waals surface area contributed by atoms with E-state index in [1.807, 2.05) is 25.1 Å². The van der Waals surface area contributed by atoms with Crippen LogP contribution < -0.4 is 4.74 Å². The first-order valence-electron chi connectivity index (χ1n) is 6.00. The van der Waals surface area contributed by atoms with Gasteiger partial charge >= 0.3 is 5.97 Å². The molecule has 20 heavy (non-hydrogen) atoms. The number of carboxylic acid groups (broad SMARTS) is 1. The van der Waals surface area contributed by atoms with Gasteiger partial charge in [0.1, 0.15) is 11.5 Å². The Balaban J connectivity index is 2.20. The lowest BCUT2D eigenvalue weighted by Crippen LogP contribution is -1.89. The van der Waals surface area contributed by atoms with E-state index in [2.05, 4.69) is 0 Å². The zero-order valence-electron chi connectivity index (χ0n) is 10.8. The van der Waals surface area contributed by atoms with Crippen molar-refractivity contribution in [3.63, 3.8) is 0 Å². The molecule has 0 aliphatic heterocycles. The summed E-state index contributed by atoms with van der Waals surface area (Å²) in [6.45, 7) is 1.90. The van der Waals surface area contributed by atoms with Crippen molar-refractivity contribution < 1.29 is 14.6 Å². The maximum atomic E-state index is 10.5. The van der Waals surface area contributed by atoms with E-state index in [1.165, 1.54) is 0 Å². The van der Waals surface area contributed by atoms with E-state index in [-0.39, 0.29) is 0 Å². The van der Waals surface area contributed by atoms with Crippen LogP contribution in [-0.2, 0) is 4.79 Å². The normalized spacial score (nSPS) is 10.7. The van der Waals surface area contributed by atoms with Gasteiger partial charge in [0.05, 0.1) is 0 Å². The van der Waals surface area contributed by atoms with Gasteiger partial charge in [-0.05, 0) is 54.5 Å². The molecule has 0 spiro atoms. The highest BCUT2D eigenvalue weighted by Gasteiger charge is 2.03. The Kier molecular flexibility index (Phi) is 4.43. The second kappa shape index (κ2) is 6.26. The molecule has 0 aliphatic rings. The first-order valence-corrected chi connectivity index (χ1v) is 6.37. The van der Waals surface area contributed by atoms with Crippen molar-refractivity contribution in [1.29, 1.82) is 0 Å². The van der Waals surface area contributed by atoms with Gasteiger partial charge in [-0.25, -0.2) is 4.79 Å². The molecular weight excluding hydrogens is 276 g/mol. The molecule has 2 aromatic carbocycles. The molecule has 0 bridgehead atoms. The molecular formula is C16H13ClO3. The molecule has 3 nitrogen and oxygen atoms in total. The number of aliphatic carboxylic acids is 1. The molecule has 0 aromatic heterocycles. The first-order chi connectivity index (χ1) is 9.54. The SMILES string of the molecule is Cc1cc(C=CC(=O)O)ccc1Oc1cccc(Cl)c1. The molecule has 0 atom stereocenters. The molecule has 4 heteroatoms. The fraction of sp³-hybridized carbons (Fsp3) is 0.0625. The van der Waals surface area contributed by atoms with E-state index in [9.17, 15) is 4.79 Å². The number of hydrogen-bond acceptors (Lipinski definition) is 2. The Hall–Kier alpha value is -2.26. The highest BCUT2D eigenvalue weighted by Crippen LogP contribution is 2.27. The zero-order chi connectivity index (χ0) is 14.5. The maximum absolute atomic E-state index is 10.5. The van der Waals surface area contributed by atoms with Crippen LogP contribution in [0.1, 0.15) is 11.1 Å². The van der Waals surface area contributed by atoms with Crippen molar-refractivity contribution in [3.05, 3.63) is 64.7 Å². The molecule has 2 rings (SSSR count). The fourth-order valence-corrected chi connectivity index (χ4v) is 1.90. The third-order valence-electron chi connectivity index (χ3n) is 2.64. The number of rotatable bonds is 4. The van der Waals surface area contributed by atoms with Gasteiger partial charge in [-0.2, -0.15) is 0 Å². The van der Waals surface area contributed by atoms with Crippen LogP contribution >= 0.6 is 11.6 Å². The van der Waals surface area contributed by atoms with Gasteiger partial charge in [-0.3, -0.25) is 0 Å². The minimum Gasteiger partial charge on any atom is -0.478 e. The van der Waals surface area contributed by atoms with Crippen molar-refractivity contribution in [2.45, 2.75) is 6.92 Å². The van der Waals surface area contributed by atoms with Crippen LogP contribution in [0.15, 0.2) is 48.5 Å². The van der Waals surface area contributed by atoms with Gasteiger partial charge in [0.2, 0.25) is 0 Å². The lowest BCUT2D eigenvalue weighted by molar-refractivity contribution is -0.131. The molecule has 0 saturated heterocycles. The van der Waals surface area contributed by atoms with E-state index in [4.69, 9.17) is 21.4 Å². The van der Waals surface area contributed by atoms with Gasteiger partial charge in [-0.1, -0.05) is 23.7 Å². The van der Waals surface area contributed by atoms with E-state index in [0.717, 1.165) is 17.2 Å². The topological polar surface area (TPSA) is 46.5 Å². The molecule has 0 saturated carbocycles. The smallest absolute Gasteiger partial charge is 0.328 e. The van der Waals surface area contributed by atoms with Crippen LogP contribution in [0.2, 0.25) is 5.02 Å². The average molecular weight is 289 g/mol. The zero-order valence-corrected chi connectivity index (χ0v) is 11.6. The van der Waals surface area contributed by atoms with Crippen LogP contribution in [0.4, 0.5) is 0 Å². The standard InChI is InChI=1S/C16H13ClO3/c1-11-9-12(6-8-16(18)19)5-7-15(11)20-14-4-2-3-13(17)10-14/h2-10H,1H3,(H,18,19). The average Bonchev–Trinajstić information content (AvgIpc) is 2.39. The molecule has 0 amide bonds. The third kappa shape index (κ3) is 3.87. The number of carboxylic acids is 1. The summed E-state index contributed by atoms with van der Waals surface area (Å²) in [5.41, 5.74) is 1.72. The summed E-state index contributed by atoms with van der Waals surface area (Å²) < 4.78 is 5.75. The number of hydrogen-bond donors (Lipinski definition) is 1. The van der Waals surface area contributed by atoms with E-state index in [0.29, 0.717) is 16.5 Å². The predicted molar refractivity (Wildman–Crippen MR) is 79.4 cm³/mol. The Labute approximate surface area is 122 Å². The van der Waals surface area contributed by atoms with Crippen molar-refractivity contribution in [2.24, 2.45) is 0 Å². The minimum absolute atomic E-state index is 0.612. The summed E-state index contributed by atoms with van der Waals surface area (Å²) >= 11 is 5.90. The Morgan fingerprint density at radius 2 is 2.05 bits per heavy atom. The molecule has 0 heterocycles. The molecule has 1 N–H and O–H groups in total. The first kappa shape index (κ1) is 14.2. The minimum atomic E-state index is -0.970. The predicted octanol–water partition coefficient (Wildman–Crippen LogP) is 4.54. The number of benzene rings is 2. The Morgan fingerprint density at radius 1 is 1.25 bits per heavy atom. The lowest BCUT2D eigenvalue weighted by Gasteiger charge is -2.09. The maximum Gasteiger partial charge on any atom is 0.328 e. The fourth-order valence-electron chi connectivity index (χ4n) is 1.72. The number of aryl methyl sites for hydroxylation is 1. The number of halogens is 1. The van der Waals surface area contributed by atoms with Crippen molar-refractivity contribution >= 4 is 23.6 Å². The number of ether oxygens (including phenoxy) is 1. The second-order valence-corrected chi connectivity index (χ2v) is 4.69. The molecule has 0 aliphatic carbocycles. The summed E-state index contributed by atoms with van der Waals surface area (Å²) in [6.07, 6.45) is 2.64. The molecule has 2 aromatic rings. The van der Waals surface area contributed by atoms with Gasteiger partial charge in [0, 0.05) is 11.1 Å². The largest absolute Gasteiger partial charge is 0.478 e. The van der Waals surface area contributed by atoms with Gasteiger partial charge in [-0.15, -0.1) is 0 Å². The lowest BCUT2D eigenvalue weighted by atomic mass is 10.1. The number of carbonyl (C=O) groups is 1. The van der Waals surface area contributed by atoms with Crippen LogP contribution in [0, 0.1) is 6.92 Å². The van der Waals surface area contributed by atoms with Crippen LogP contribution in [-0.4, -0.2) is 11.1 Å². The van der Waals surface area contributed by atoms with E-state index < -0.39 is 5.97 Å². The monoisotopic (exact) mass is 288 g/mol. The van der Waals surface area contributed by atoms with E-state index >= 15 is 0 Å². The molecule has 0 radical (unpaired) electrons. The summed E-state index contributed by atoms with van der Waals surface area (Å²) in [5, 5.41) is 9.21. The summed E-state index contributed by atoms with van der Waals surface area (Å²) in [6, 6.07) is 12.6. The van der Waals surface area contributed by atoms with Crippen LogP contribution in [0.3, 0.4) is 0 Å². The quantitative estimate of drug-likeness (QED) is 0.840. The summed E-state index contributed by atoms with van der Waals surface area (Å²) in [7, 11) is 0. The summed E-state index contributed by atoms with van der Waals surface area (Å²) in [4.78, 5) is 10.5. The van der Waals surface area contributed by atoms with Crippen LogP contribution in [0.5, 0.6) is 11.5 Å². The van der Waals surface area contributed by atoms with Crippen LogP contribution in [0.25, 0.3) is 6.08 Å². The summed E-state index contributed by atoms with van der Waals surface area (Å²) in [5.74, 6) is 0.399. The Bertz CT molecular complexity index is 663. The third-order valence-corrected chi connectivity index (χ3v) is 2.88. The Morgan fingerprint density at radius 3 is 2.70 bits per heavy atom. The second-order valence-electron chi connectivity index (χ2n) is 4.26. The van der Waals surface area contributed by atoms with Gasteiger partial charge < -0.3 is 9.84 Å². The van der Waals surface area contributed by atoms with Gasteiger partial charge in [0.15, 0.2) is 0 Å². The van der Waals surface area contributed by atoms with Crippen molar-refractivity contribution in [2.75, 3.05) is 0 Å². The van der Waals surface area contributed by atoms with E-state index in [1.54, 1.807) is 30.3 Å². The molecule has 102 valence electrons. The van der Waals surface area contributed by atoms with Gasteiger partial charge in [0.25, 0.3) is 0 Å². The highest BCUT2D eigenvalue weighted by atomic mass is 35.5. The molecule has 0 unspecified atom stereocenters. The molecule has 0 fully saturated rings.